The minimum Gasteiger partial charge on any atom is -0.358 e. The van der Waals surface area contributed by atoms with E-state index < -0.39 is 4.92 Å². The van der Waals surface area contributed by atoms with Crippen LogP contribution in [0.3, 0.4) is 0 Å². The molecule has 1 aromatic heterocycles. The van der Waals surface area contributed by atoms with Crippen LogP contribution in [-0.2, 0) is 11.3 Å². The van der Waals surface area contributed by atoms with Crippen LogP contribution in [0, 0.1) is 10.1 Å². The minimum absolute atomic E-state index is 0.00710. The van der Waals surface area contributed by atoms with Crippen molar-refractivity contribution >= 4 is 29.2 Å². The number of nitrogens with zero attached hydrogens (tertiary/aromatic N) is 4. The molecule has 8 heteroatoms. The molecular formula is C14H14N4O3S. The lowest BCUT2D eigenvalue weighted by atomic mass is 10.2. The van der Waals surface area contributed by atoms with Gasteiger partial charge in [-0.1, -0.05) is 12.1 Å². The first kappa shape index (κ1) is 14.6. The molecule has 22 heavy (non-hydrogen) atoms. The van der Waals surface area contributed by atoms with E-state index in [2.05, 4.69) is 5.10 Å². The van der Waals surface area contributed by atoms with Crippen LogP contribution in [0.1, 0.15) is 6.42 Å². The van der Waals surface area contributed by atoms with Crippen LogP contribution < -0.4 is 4.90 Å². The maximum absolute atomic E-state index is 12.5. The summed E-state index contributed by atoms with van der Waals surface area (Å²) in [6.45, 7) is 0.638. The standard InChI is InChI=1S/C14H14N4O3S/c19-14(10-16-8-6-13(15-16)18(20)21)17-7-3-9-22-12-5-2-1-4-11(12)17/h1-2,4-6,8H,3,7,9-10H2. The number of hydrogen-bond donors (Lipinski definition) is 0. The van der Waals surface area contributed by atoms with Gasteiger partial charge in [0, 0.05) is 11.4 Å². The van der Waals surface area contributed by atoms with E-state index >= 15 is 0 Å². The van der Waals surface area contributed by atoms with Crippen LogP contribution in [-0.4, -0.2) is 32.9 Å². The highest BCUT2D eigenvalue weighted by atomic mass is 32.2. The summed E-state index contributed by atoms with van der Waals surface area (Å²) in [5, 5.41) is 14.4. The fourth-order valence-electron chi connectivity index (χ4n) is 2.35. The van der Waals surface area contributed by atoms with Crippen LogP contribution >= 0.6 is 11.8 Å². The monoisotopic (exact) mass is 318 g/mol. The number of fused-ring (bicyclic) bond motifs is 1. The van der Waals surface area contributed by atoms with Gasteiger partial charge in [-0.2, -0.15) is 4.68 Å². The van der Waals surface area contributed by atoms with E-state index in [1.165, 1.54) is 16.9 Å². The van der Waals surface area contributed by atoms with E-state index in [1.54, 1.807) is 16.7 Å². The number of aromatic nitrogens is 2. The van der Waals surface area contributed by atoms with Gasteiger partial charge < -0.3 is 15.0 Å². The lowest BCUT2D eigenvalue weighted by molar-refractivity contribution is -0.389. The fraction of sp³-hybridized carbons (Fsp3) is 0.286. The van der Waals surface area contributed by atoms with Crippen molar-refractivity contribution in [2.24, 2.45) is 0 Å². The number of amides is 1. The summed E-state index contributed by atoms with van der Waals surface area (Å²) < 4.78 is 1.31. The lowest BCUT2D eigenvalue weighted by Crippen LogP contribution is -2.34. The maximum atomic E-state index is 12.5. The van der Waals surface area contributed by atoms with Crippen LogP contribution in [0.5, 0.6) is 0 Å². The highest BCUT2D eigenvalue weighted by Gasteiger charge is 2.23. The van der Waals surface area contributed by atoms with Gasteiger partial charge in [0.1, 0.15) is 6.54 Å². The second-order valence-electron chi connectivity index (χ2n) is 4.84. The van der Waals surface area contributed by atoms with Crippen molar-refractivity contribution < 1.29 is 9.72 Å². The molecule has 0 fully saturated rings. The van der Waals surface area contributed by atoms with E-state index in [-0.39, 0.29) is 18.3 Å². The number of anilines is 1. The molecule has 0 N–H and O–H groups in total. The summed E-state index contributed by atoms with van der Waals surface area (Å²) in [6, 6.07) is 9.08. The Hall–Kier alpha value is -2.35. The zero-order valence-electron chi connectivity index (χ0n) is 11.7. The Morgan fingerprint density at radius 1 is 1.36 bits per heavy atom. The molecule has 0 unspecified atom stereocenters. The number of para-hydroxylation sites is 1. The molecular weight excluding hydrogens is 304 g/mol. The van der Waals surface area contributed by atoms with E-state index in [4.69, 9.17) is 0 Å². The quantitative estimate of drug-likeness (QED) is 0.641. The molecule has 0 bridgehead atoms. The molecule has 7 nitrogen and oxygen atoms in total. The number of rotatable bonds is 3. The van der Waals surface area contributed by atoms with Crippen molar-refractivity contribution in [3.05, 3.63) is 46.6 Å². The number of nitro groups is 1. The predicted molar refractivity (Wildman–Crippen MR) is 83.0 cm³/mol. The number of thioether (sulfide) groups is 1. The van der Waals surface area contributed by atoms with Crippen molar-refractivity contribution in [1.29, 1.82) is 0 Å². The lowest BCUT2D eigenvalue weighted by Gasteiger charge is -2.21. The number of carbonyl (C=O) groups excluding carboxylic acids is 1. The Balaban J connectivity index is 1.80. The molecule has 0 aliphatic carbocycles. The topological polar surface area (TPSA) is 81.3 Å². The summed E-state index contributed by atoms with van der Waals surface area (Å²) in [5.41, 5.74) is 0.900. The molecule has 2 aromatic rings. The molecule has 0 atom stereocenters. The van der Waals surface area contributed by atoms with Gasteiger partial charge in [-0.05, 0) is 29.2 Å². The third kappa shape index (κ3) is 2.96. The van der Waals surface area contributed by atoms with Crippen LogP contribution in [0.4, 0.5) is 11.5 Å². The average molecular weight is 318 g/mol. The smallest absolute Gasteiger partial charge is 0.358 e. The minimum atomic E-state index is -0.571. The van der Waals surface area contributed by atoms with Crippen molar-refractivity contribution in [1.82, 2.24) is 9.78 Å². The molecule has 0 saturated heterocycles. The van der Waals surface area contributed by atoms with Crippen molar-refractivity contribution in [3.8, 4) is 0 Å². The Morgan fingerprint density at radius 2 is 2.18 bits per heavy atom. The number of benzene rings is 1. The molecule has 0 saturated carbocycles. The molecule has 114 valence electrons. The first-order valence-electron chi connectivity index (χ1n) is 6.85. The van der Waals surface area contributed by atoms with Gasteiger partial charge in [0.15, 0.2) is 0 Å². The predicted octanol–water partition coefficient (Wildman–Crippen LogP) is 2.32. The Morgan fingerprint density at radius 3 is 2.95 bits per heavy atom. The zero-order valence-corrected chi connectivity index (χ0v) is 12.5. The van der Waals surface area contributed by atoms with Crippen molar-refractivity contribution in [2.45, 2.75) is 17.9 Å². The molecule has 1 aromatic carbocycles. The van der Waals surface area contributed by atoms with E-state index in [0.29, 0.717) is 6.54 Å². The van der Waals surface area contributed by atoms with Gasteiger partial charge in [-0.25, -0.2) is 0 Å². The second kappa shape index (κ2) is 6.18. The van der Waals surface area contributed by atoms with Gasteiger partial charge >= 0.3 is 5.82 Å². The molecule has 2 heterocycles. The fourth-order valence-corrected chi connectivity index (χ4v) is 3.34. The third-order valence-corrected chi connectivity index (χ3v) is 4.50. The Kier molecular flexibility index (Phi) is 4.10. The number of hydrogen-bond acceptors (Lipinski definition) is 5. The first-order valence-corrected chi connectivity index (χ1v) is 7.84. The maximum Gasteiger partial charge on any atom is 0.389 e. The highest BCUT2D eigenvalue weighted by Crippen LogP contribution is 2.33. The summed E-state index contributed by atoms with van der Waals surface area (Å²) in [5.74, 6) is 0.598. The van der Waals surface area contributed by atoms with E-state index in [1.807, 2.05) is 24.3 Å². The largest absolute Gasteiger partial charge is 0.389 e. The SMILES string of the molecule is O=C(Cn1ccc([N+](=O)[O-])n1)N1CCCSc2ccccc21. The Bertz CT molecular complexity index is 716. The van der Waals surface area contributed by atoms with Crippen LogP contribution in [0.15, 0.2) is 41.4 Å². The van der Waals surface area contributed by atoms with Gasteiger partial charge in [-0.15, -0.1) is 11.8 Å². The van der Waals surface area contributed by atoms with Crippen molar-refractivity contribution in [3.63, 3.8) is 0 Å². The Labute approximate surface area is 131 Å². The molecule has 0 radical (unpaired) electrons. The summed E-state index contributed by atoms with van der Waals surface area (Å²) in [4.78, 5) is 25.4. The van der Waals surface area contributed by atoms with Gasteiger partial charge in [0.05, 0.1) is 23.0 Å². The normalized spacial score (nSPS) is 14.3. The molecule has 1 aliphatic heterocycles. The average Bonchev–Trinajstić information content (AvgIpc) is 2.86. The van der Waals surface area contributed by atoms with Gasteiger partial charge in [0.2, 0.25) is 0 Å². The van der Waals surface area contributed by atoms with Gasteiger partial charge in [-0.3, -0.25) is 4.79 Å². The summed E-state index contributed by atoms with van der Waals surface area (Å²) >= 11 is 1.74. The second-order valence-corrected chi connectivity index (χ2v) is 5.98. The van der Waals surface area contributed by atoms with Crippen molar-refractivity contribution in [2.75, 3.05) is 17.2 Å². The molecule has 1 amide bonds. The molecule has 1 aliphatic rings. The summed E-state index contributed by atoms with van der Waals surface area (Å²) in [6.07, 6.45) is 2.36. The first-order chi connectivity index (χ1) is 10.6. The number of carbonyl (C=O) groups is 1. The van der Waals surface area contributed by atoms with Gasteiger partial charge in [0.25, 0.3) is 5.91 Å². The third-order valence-electron chi connectivity index (χ3n) is 3.35. The zero-order chi connectivity index (χ0) is 15.5. The highest BCUT2D eigenvalue weighted by molar-refractivity contribution is 7.99. The van der Waals surface area contributed by atoms with E-state index in [0.717, 1.165) is 22.8 Å². The van der Waals surface area contributed by atoms with Crippen LogP contribution in [0.2, 0.25) is 0 Å². The van der Waals surface area contributed by atoms with E-state index in [9.17, 15) is 14.9 Å². The molecule has 0 spiro atoms. The van der Waals surface area contributed by atoms with Crippen LogP contribution in [0.25, 0.3) is 0 Å². The summed E-state index contributed by atoms with van der Waals surface area (Å²) in [7, 11) is 0. The molecule has 3 rings (SSSR count).